The molecule has 0 aliphatic rings. The average Bonchev–Trinajstić information content (AvgIpc) is 2.19. The van der Waals surface area contributed by atoms with Gasteiger partial charge in [-0.3, -0.25) is 5.32 Å². The molecule has 1 aromatic rings. The van der Waals surface area contributed by atoms with Crippen molar-refractivity contribution in [3.63, 3.8) is 0 Å². The fraction of sp³-hybridized carbons (Fsp3) is 0.417. The summed E-state index contributed by atoms with van der Waals surface area (Å²) in [6, 6.07) is 1.85. The molecule has 100 valence electrons. The standard InChI is InChI=1S/C12H14BrClINO2/c1-6-9(14)7(13)5-8(15)10(6)16-11(17)18-12(2,3)4/h5H,1-4H3,(H,16,17). The maximum atomic E-state index is 11.7. The zero-order chi connectivity index (χ0) is 14.1. The van der Waals surface area contributed by atoms with Crippen molar-refractivity contribution in [1.82, 2.24) is 0 Å². The van der Waals surface area contributed by atoms with Crippen LogP contribution in [0.1, 0.15) is 26.3 Å². The van der Waals surface area contributed by atoms with Gasteiger partial charge < -0.3 is 4.74 Å². The molecule has 1 amide bonds. The summed E-state index contributed by atoms with van der Waals surface area (Å²) in [4.78, 5) is 11.7. The van der Waals surface area contributed by atoms with Gasteiger partial charge in [-0.05, 0) is 77.8 Å². The van der Waals surface area contributed by atoms with Crippen LogP contribution < -0.4 is 5.32 Å². The van der Waals surface area contributed by atoms with Gasteiger partial charge in [0.25, 0.3) is 0 Å². The summed E-state index contributed by atoms with van der Waals surface area (Å²) in [6.07, 6.45) is -0.484. The largest absolute Gasteiger partial charge is 0.444 e. The third-order valence-electron chi connectivity index (χ3n) is 2.03. The van der Waals surface area contributed by atoms with Crippen LogP contribution in [-0.2, 0) is 4.74 Å². The molecule has 0 aliphatic carbocycles. The first kappa shape index (κ1) is 16.0. The first-order valence-electron chi connectivity index (χ1n) is 5.26. The number of hydrogen-bond donors (Lipinski definition) is 1. The van der Waals surface area contributed by atoms with Crippen LogP contribution in [0.25, 0.3) is 0 Å². The van der Waals surface area contributed by atoms with Gasteiger partial charge in [0.1, 0.15) is 5.60 Å². The summed E-state index contributed by atoms with van der Waals surface area (Å²) in [6.45, 7) is 7.30. The lowest BCUT2D eigenvalue weighted by Crippen LogP contribution is -2.27. The van der Waals surface area contributed by atoms with Gasteiger partial charge >= 0.3 is 6.09 Å². The Hall–Kier alpha value is -0.0100. The Morgan fingerprint density at radius 2 is 2.06 bits per heavy atom. The molecule has 0 spiro atoms. The Kier molecular flexibility index (Phi) is 5.32. The normalized spacial score (nSPS) is 11.3. The molecule has 0 fully saturated rings. The van der Waals surface area contributed by atoms with Gasteiger partial charge in [-0.25, -0.2) is 4.79 Å². The summed E-state index contributed by atoms with van der Waals surface area (Å²) < 4.78 is 6.92. The van der Waals surface area contributed by atoms with E-state index in [-0.39, 0.29) is 0 Å². The monoisotopic (exact) mass is 445 g/mol. The molecule has 1 N–H and O–H groups in total. The van der Waals surface area contributed by atoms with E-state index >= 15 is 0 Å². The van der Waals surface area contributed by atoms with Crippen molar-refractivity contribution in [3.8, 4) is 0 Å². The van der Waals surface area contributed by atoms with Crippen LogP contribution in [0.3, 0.4) is 0 Å². The maximum Gasteiger partial charge on any atom is 0.412 e. The molecule has 0 aliphatic heterocycles. The molecule has 1 rings (SSSR count). The predicted molar refractivity (Wildman–Crippen MR) is 86.5 cm³/mol. The maximum absolute atomic E-state index is 11.7. The molecule has 0 bridgehead atoms. The Labute approximate surface area is 134 Å². The predicted octanol–water partition coefficient (Wildman–Crippen LogP) is 5.36. The first-order chi connectivity index (χ1) is 8.11. The SMILES string of the molecule is Cc1c(Cl)c(Br)cc(I)c1NC(=O)OC(C)(C)C. The highest BCUT2D eigenvalue weighted by Gasteiger charge is 2.19. The molecule has 0 aromatic heterocycles. The number of carbonyl (C=O) groups is 1. The van der Waals surface area contributed by atoms with Gasteiger partial charge in [-0.2, -0.15) is 0 Å². The Bertz CT molecular complexity index is 486. The summed E-state index contributed by atoms with van der Waals surface area (Å²) in [5.74, 6) is 0. The van der Waals surface area contributed by atoms with Gasteiger partial charge in [-0.1, -0.05) is 11.6 Å². The Balaban J connectivity index is 2.99. The van der Waals surface area contributed by atoms with E-state index in [1.54, 1.807) is 0 Å². The van der Waals surface area contributed by atoms with Crippen LogP contribution in [0.15, 0.2) is 10.5 Å². The second-order valence-electron chi connectivity index (χ2n) is 4.78. The zero-order valence-electron chi connectivity index (χ0n) is 10.5. The number of halogens is 3. The number of amides is 1. The molecule has 0 unspecified atom stereocenters. The lowest BCUT2D eigenvalue weighted by Gasteiger charge is -2.21. The van der Waals surface area contributed by atoms with E-state index in [2.05, 4.69) is 43.8 Å². The topological polar surface area (TPSA) is 38.3 Å². The minimum Gasteiger partial charge on any atom is -0.444 e. The quantitative estimate of drug-likeness (QED) is 0.466. The molecular weight excluding hydrogens is 432 g/mol. The van der Waals surface area contributed by atoms with E-state index in [1.165, 1.54) is 0 Å². The third kappa shape index (κ3) is 4.28. The van der Waals surface area contributed by atoms with E-state index in [1.807, 2.05) is 33.8 Å². The lowest BCUT2D eigenvalue weighted by atomic mass is 10.2. The highest BCUT2D eigenvalue weighted by Crippen LogP contribution is 2.35. The van der Waals surface area contributed by atoms with Crippen LogP contribution in [-0.4, -0.2) is 11.7 Å². The highest BCUT2D eigenvalue weighted by atomic mass is 127. The van der Waals surface area contributed by atoms with Crippen molar-refractivity contribution >= 4 is 61.9 Å². The average molecular weight is 447 g/mol. The molecule has 0 saturated heterocycles. The molecule has 3 nitrogen and oxygen atoms in total. The summed E-state index contributed by atoms with van der Waals surface area (Å²) in [5.41, 5.74) is 0.960. The van der Waals surface area contributed by atoms with Crippen molar-refractivity contribution in [1.29, 1.82) is 0 Å². The molecule has 18 heavy (non-hydrogen) atoms. The van der Waals surface area contributed by atoms with E-state index in [0.717, 1.165) is 13.6 Å². The van der Waals surface area contributed by atoms with Crippen LogP contribution in [0.4, 0.5) is 10.5 Å². The van der Waals surface area contributed by atoms with E-state index in [0.29, 0.717) is 10.7 Å². The van der Waals surface area contributed by atoms with Gasteiger partial charge in [-0.15, -0.1) is 0 Å². The van der Waals surface area contributed by atoms with E-state index in [4.69, 9.17) is 16.3 Å². The fourth-order valence-electron chi connectivity index (χ4n) is 1.27. The van der Waals surface area contributed by atoms with Gasteiger partial charge in [0, 0.05) is 8.04 Å². The Morgan fingerprint density at radius 1 is 1.50 bits per heavy atom. The number of carbonyl (C=O) groups excluding carboxylic acids is 1. The highest BCUT2D eigenvalue weighted by molar-refractivity contribution is 14.1. The second-order valence-corrected chi connectivity index (χ2v) is 7.18. The number of nitrogens with one attached hydrogen (secondary N) is 1. The molecular formula is C12H14BrClINO2. The lowest BCUT2D eigenvalue weighted by molar-refractivity contribution is 0.0635. The fourth-order valence-corrected chi connectivity index (χ4v) is 3.23. The second kappa shape index (κ2) is 5.96. The van der Waals surface area contributed by atoms with E-state index in [9.17, 15) is 4.79 Å². The molecule has 6 heteroatoms. The van der Waals surface area contributed by atoms with Crippen molar-refractivity contribution in [2.75, 3.05) is 5.32 Å². The Morgan fingerprint density at radius 3 is 2.56 bits per heavy atom. The number of benzene rings is 1. The molecule has 1 aromatic carbocycles. The number of anilines is 1. The van der Waals surface area contributed by atoms with Crippen molar-refractivity contribution in [2.45, 2.75) is 33.3 Å². The van der Waals surface area contributed by atoms with E-state index < -0.39 is 11.7 Å². The number of rotatable bonds is 1. The van der Waals surface area contributed by atoms with Crippen molar-refractivity contribution in [3.05, 3.63) is 24.7 Å². The van der Waals surface area contributed by atoms with Gasteiger partial charge in [0.05, 0.1) is 10.7 Å². The van der Waals surface area contributed by atoms with Gasteiger partial charge in [0.2, 0.25) is 0 Å². The summed E-state index contributed by atoms with van der Waals surface area (Å²) in [7, 11) is 0. The van der Waals surface area contributed by atoms with Gasteiger partial charge in [0.15, 0.2) is 0 Å². The zero-order valence-corrected chi connectivity index (χ0v) is 15.0. The van der Waals surface area contributed by atoms with Crippen LogP contribution in [0.2, 0.25) is 5.02 Å². The number of hydrogen-bond acceptors (Lipinski definition) is 2. The minimum absolute atomic E-state index is 0.484. The number of ether oxygens (including phenoxy) is 1. The van der Waals surface area contributed by atoms with Crippen LogP contribution in [0.5, 0.6) is 0 Å². The van der Waals surface area contributed by atoms with Crippen LogP contribution in [0, 0.1) is 10.5 Å². The van der Waals surface area contributed by atoms with Crippen molar-refractivity contribution in [2.24, 2.45) is 0 Å². The molecule has 0 heterocycles. The molecule has 0 saturated carbocycles. The smallest absolute Gasteiger partial charge is 0.412 e. The third-order valence-corrected chi connectivity index (χ3v) is 4.22. The first-order valence-corrected chi connectivity index (χ1v) is 7.51. The van der Waals surface area contributed by atoms with Crippen molar-refractivity contribution < 1.29 is 9.53 Å². The summed E-state index contributed by atoms with van der Waals surface area (Å²) in [5, 5.41) is 3.31. The summed E-state index contributed by atoms with van der Waals surface area (Å²) >= 11 is 11.6. The molecule has 0 radical (unpaired) electrons. The minimum atomic E-state index is -0.525. The molecule has 0 atom stereocenters. The van der Waals surface area contributed by atoms with Crippen LogP contribution >= 0.6 is 50.1 Å².